The Hall–Kier alpha value is -2.73. The summed E-state index contributed by atoms with van der Waals surface area (Å²) in [5.74, 6) is -0.180. The number of H-pyrrole nitrogens is 1. The minimum Gasteiger partial charge on any atom is -0.376 e. The van der Waals surface area contributed by atoms with Crippen molar-refractivity contribution < 1.29 is 9.53 Å². The van der Waals surface area contributed by atoms with Gasteiger partial charge in [-0.15, -0.1) is 0 Å². The van der Waals surface area contributed by atoms with E-state index in [-0.39, 0.29) is 12.0 Å². The van der Waals surface area contributed by atoms with Crippen LogP contribution < -0.4 is 5.32 Å². The van der Waals surface area contributed by atoms with Gasteiger partial charge in [-0.25, -0.2) is 0 Å². The third-order valence-corrected chi connectivity index (χ3v) is 4.29. The highest BCUT2D eigenvalue weighted by Gasteiger charge is 2.19. The molecule has 0 bridgehead atoms. The summed E-state index contributed by atoms with van der Waals surface area (Å²) >= 11 is 0. The molecule has 0 aliphatic carbocycles. The topological polar surface area (TPSA) is 79.9 Å². The van der Waals surface area contributed by atoms with Crippen LogP contribution in [0.4, 0.5) is 0 Å². The largest absolute Gasteiger partial charge is 0.376 e. The molecule has 3 aromatic rings. The molecular weight excluding hydrogens is 304 g/mol. The molecule has 6 nitrogen and oxygen atoms in total. The van der Waals surface area contributed by atoms with Crippen LogP contribution in [0.3, 0.4) is 0 Å². The molecule has 4 rings (SSSR count). The molecule has 6 heteroatoms. The lowest BCUT2D eigenvalue weighted by molar-refractivity contribution is 0.0855. The van der Waals surface area contributed by atoms with E-state index in [1.54, 1.807) is 12.4 Å². The number of carbonyl (C=O) groups excluding carboxylic acids is 1. The van der Waals surface area contributed by atoms with Crippen molar-refractivity contribution in [2.45, 2.75) is 18.9 Å². The van der Waals surface area contributed by atoms with E-state index in [9.17, 15) is 4.79 Å². The van der Waals surface area contributed by atoms with Crippen molar-refractivity contribution in [1.29, 1.82) is 0 Å². The lowest BCUT2D eigenvalue weighted by atomic mass is 10.0. The molecule has 1 aromatic carbocycles. The Morgan fingerprint density at radius 2 is 2.29 bits per heavy atom. The number of rotatable bonds is 4. The van der Waals surface area contributed by atoms with Crippen LogP contribution in [0.2, 0.25) is 0 Å². The van der Waals surface area contributed by atoms with Crippen LogP contribution in [0.5, 0.6) is 0 Å². The van der Waals surface area contributed by atoms with E-state index in [0.29, 0.717) is 12.2 Å². The molecule has 0 saturated carbocycles. The van der Waals surface area contributed by atoms with Crippen molar-refractivity contribution in [3.63, 3.8) is 0 Å². The highest BCUT2D eigenvalue weighted by molar-refractivity contribution is 6.05. The van der Waals surface area contributed by atoms with Crippen LogP contribution in [-0.4, -0.2) is 40.3 Å². The zero-order valence-corrected chi connectivity index (χ0v) is 13.2. The number of nitrogens with zero attached hydrogens (tertiary/aromatic N) is 2. The van der Waals surface area contributed by atoms with Gasteiger partial charge < -0.3 is 10.1 Å². The predicted octanol–water partition coefficient (Wildman–Crippen LogP) is 2.53. The standard InChI is InChI=1S/C18H18N4O2/c23-18(20-11-14-4-2-8-24-14)17-15-9-12(5-6-16(15)21-22-17)13-3-1-7-19-10-13/h1,3,5-7,9-10,14H,2,4,8,11H2,(H,20,23)(H,21,22). The molecule has 1 amide bonds. The fraction of sp³-hybridized carbons (Fsp3) is 0.278. The molecule has 1 aliphatic rings. The lowest BCUT2D eigenvalue weighted by Crippen LogP contribution is -2.32. The second kappa shape index (κ2) is 6.41. The summed E-state index contributed by atoms with van der Waals surface area (Å²) in [6.45, 7) is 1.30. The summed E-state index contributed by atoms with van der Waals surface area (Å²) in [5.41, 5.74) is 3.26. The minimum absolute atomic E-state index is 0.116. The lowest BCUT2D eigenvalue weighted by Gasteiger charge is -2.09. The molecule has 0 spiro atoms. The van der Waals surface area contributed by atoms with Crippen molar-refractivity contribution >= 4 is 16.8 Å². The van der Waals surface area contributed by atoms with E-state index in [0.717, 1.165) is 41.5 Å². The maximum atomic E-state index is 12.5. The molecule has 1 fully saturated rings. The van der Waals surface area contributed by atoms with Crippen molar-refractivity contribution in [2.24, 2.45) is 0 Å². The number of amides is 1. The molecular formula is C18H18N4O2. The van der Waals surface area contributed by atoms with Crippen LogP contribution in [0.1, 0.15) is 23.3 Å². The number of benzene rings is 1. The van der Waals surface area contributed by atoms with Gasteiger partial charge in [-0.3, -0.25) is 14.9 Å². The number of ether oxygens (including phenoxy) is 1. The zero-order valence-electron chi connectivity index (χ0n) is 13.2. The van der Waals surface area contributed by atoms with Crippen molar-refractivity contribution in [3.05, 3.63) is 48.4 Å². The normalized spacial score (nSPS) is 17.2. The molecule has 1 atom stereocenters. The van der Waals surface area contributed by atoms with Gasteiger partial charge in [0.05, 0.1) is 11.6 Å². The first-order valence-electron chi connectivity index (χ1n) is 8.09. The van der Waals surface area contributed by atoms with E-state index in [2.05, 4.69) is 20.5 Å². The Morgan fingerprint density at radius 3 is 3.08 bits per heavy atom. The summed E-state index contributed by atoms with van der Waals surface area (Å²) in [6, 6.07) is 9.78. The summed E-state index contributed by atoms with van der Waals surface area (Å²) in [6.07, 6.45) is 5.71. The number of aromatic nitrogens is 3. The maximum Gasteiger partial charge on any atom is 0.272 e. The monoisotopic (exact) mass is 322 g/mol. The number of carbonyl (C=O) groups is 1. The van der Waals surface area contributed by atoms with Crippen molar-refractivity contribution in [2.75, 3.05) is 13.2 Å². The van der Waals surface area contributed by atoms with Gasteiger partial charge in [0.1, 0.15) is 0 Å². The summed E-state index contributed by atoms with van der Waals surface area (Å²) in [4.78, 5) is 16.6. The van der Waals surface area contributed by atoms with Crippen molar-refractivity contribution in [3.8, 4) is 11.1 Å². The zero-order chi connectivity index (χ0) is 16.4. The summed E-state index contributed by atoms with van der Waals surface area (Å²) in [7, 11) is 0. The second-order valence-corrected chi connectivity index (χ2v) is 5.92. The Balaban J connectivity index is 1.59. The minimum atomic E-state index is -0.180. The average Bonchev–Trinajstić information content (AvgIpc) is 3.29. The van der Waals surface area contributed by atoms with Crippen LogP contribution in [0.25, 0.3) is 22.0 Å². The first-order chi connectivity index (χ1) is 11.8. The molecule has 1 aliphatic heterocycles. The van der Waals surface area contributed by atoms with Gasteiger partial charge in [0.2, 0.25) is 0 Å². The molecule has 0 radical (unpaired) electrons. The number of pyridine rings is 1. The van der Waals surface area contributed by atoms with Crippen LogP contribution >= 0.6 is 0 Å². The average molecular weight is 322 g/mol. The molecule has 3 heterocycles. The number of fused-ring (bicyclic) bond motifs is 1. The first kappa shape index (κ1) is 14.8. The highest BCUT2D eigenvalue weighted by Crippen LogP contribution is 2.24. The fourth-order valence-corrected chi connectivity index (χ4v) is 3.00. The van der Waals surface area contributed by atoms with E-state index < -0.39 is 0 Å². The van der Waals surface area contributed by atoms with Crippen LogP contribution in [0, 0.1) is 0 Å². The van der Waals surface area contributed by atoms with E-state index in [1.807, 2.05) is 30.3 Å². The van der Waals surface area contributed by atoms with Gasteiger partial charge in [-0.1, -0.05) is 12.1 Å². The number of nitrogens with one attached hydrogen (secondary N) is 2. The Bertz CT molecular complexity index is 854. The maximum absolute atomic E-state index is 12.5. The predicted molar refractivity (Wildman–Crippen MR) is 90.6 cm³/mol. The van der Waals surface area contributed by atoms with Crippen molar-refractivity contribution in [1.82, 2.24) is 20.5 Å². The van der Waals surface area contributed by atoms with Gasteiger partial charge in [0, 0.05) is 36.5 Å². The highest BCUT2D eigenvalue weighted by atomic mass is 16.5. The Morgan fingerprint density at radius 1 is 1.33 bits per heavy atom. The number of aromatic amines is 1. The van der Waals surface area contributed by atoms with E-state index in [4.69, 9.17) is 4.74 Å². The third-order valence-electron chi connectivity index (χ3n) is 4.29. The number of hydrogen-bond donors (Lipinski definition) is 2. The van der Waals surface area contributed by atoms with Gasteiger partial charge in [-0.2, -0.15) is 5.10 Å². The Labute approximate surface area is 139 Å². The van der Waals surface area contributed by atoms with Gasteiger partial charge in [0.15, 0.2) is 5.69 Å². The quantitative estimate of drug-likeness (QED) is 0.773. The molecule has 122 valence electrons. The van der Waals surface area contributed by atoms with Gasteiger partial charge in [0.25, 0.3) is 5.91 Å². The van der Waals surface area contributed by atoms with Gasteiger partial charge in [-0.05, 0) is 36.6 Å². The second-order valence-electron chi connectivity index (χ2n) is 5.92. The van der Waals surface area contributed by atoms with Crippen LogP contribution in [0.15, 0.2) is 42.7 Å². The third kappa shape index (κ3) is 2.88. The van der Waals surface area contributed by atoms with E-state index >= 15 is 0 Å². The number of hydrogen-bond acceptors (Lipinski definition) is 4. The molecule has 24 heavy (non-hydrogen) atoms. The van der Waals surface area contributed by atoms with Gasteiger partial charge >= 0.3 is 0 Å². The SMILES string of the molecule is O=C(NCC1CCCO1)c1n[nH]c2ccc(-c3cccnc3)cc12. The Kier molecular flexibility index (Phi) is 3.96. The summed E-state index contributed by atoms with van der Waals surface area (Å²) in [5, 5.41) is 10.8. The molecule has 1 unspecified atom stereocenters. The van der Waals surface area contributed by atoms with E-state index in [1.165, 1.54) is 0 Å². The summed E-state index contributed by atoms with van der Waals surface area (Å²) < 4.78 is 5.54. The molecule has 1 saturated heterocycles. The van der Waals surface area contributed by atoms with Crippen LogP contribution in [-0.2, 0) is 4.74 Å². The molecule has 2 aromatic heterocycles. The fourth-order valence-electron chi connectivity index (χ4n) is 3.00. The molecule has 2 N–H and O–H groups in total. The smallest absolute Gasteiger partial charge is 0.272 e. The first-order valence-corrected chi connectivity index (χ1v) is 8.09.